The van der Waals surface area contributed by atoms with E-state index in [9.17, 15) is 9.18 Å². The standard InChI is InChI=1S/C27H33FN6O3/c1-4-33-11-13-34(14-12-33)23-9-7-22(8-10-23)31-27-29-17-19(18-30-27)5-6-20-15-21(26(35)32-37-3)16-24(36-2)25(20)28/h7-10,15-18H,4-6,11-14H2,1-3H3,(H,32,35)(H,29,30,31). The molecule has 37 heavy (non-hydrogen) atoms. The van der Waals surface area contributed by atoms with Crippen molar-refractivity contribution >= 4 is 23.2 Å². The molecule has 0 saturated carbocycles. The number of halogens is 1. The van der Waals surface area contributed by atoms with Crippen LogP contribution in [-0.2, 0) is 17.7 Å². The Kier molecular flexibility index (Phi) is 8.86. The van der Waals surface area contributed by atoms with Crippen LogP contribution in [0.2, 0.25) is 0 Å². The minimum absolute atomic E-state index is 0.00351. The minimum atomic E-state index is -0.494. The van der Waals surface area contributed by atoms with Crippen LogP contribution in [0.3, 0.4) is 0 Å². The number of likely N-dealkylation sites (N-methyl/N-ethyl adjacent to an activating group) is 1. The predicted molar refractivity (Wildman–Crippen MR) is 141 cm³/mol. The fourth-order valence-electron chi connectivity index (χ4n) is 4.30. The second-order valence-electron chi connectivity index (χ2n) is 8.80. The van der Waals surface area contributed by atoms with Crippen LogP contribution >= 0.6 is 0 Å². The molecular weight excluding hydrogens is 475 g/mol. The molecule has 1 aliphatic rings. The average molecular weight is 509 g/mol. The van der Waals surface area contributed by atoms with Gasteiger partial charge in [-0.3, -0.25) is 9.63 Å². The molecule has 0 aliphatic carbocycles. The molecule has 1 amide bonds. The monoisotopic (exact) mass is 508 g/mol. The number of carbonyl (C=O) groups is 1. The largest absolute Gasteiger partial charge is 0.494 e. The third-order valence-corrected chi connectivity index (χ3v) is 6.49. The number of nitrogens with zero attached hydrogens (tertiary/aromatic N) is 4. The molecule has 1 aromatic heterocycles. The van der Waals surface area contributed by atoms with E-state index in [4.69, 9.17) is 4.74 Å². The van der Waals surface area contributed by atoms with E-state index in [1.165, 1.54) is 32.0 Å². The predicted octanol–water partition coefficient (Wildman–Crippen LogP) is 3.59. The molecule has 0 radical (unpaired) electrons. The summed E-state index contributed by atoms with van der Waals surface area (Å²) >= 11 is 0. The Balaban J connectivity index is 1.35. The van der Waals surface area contributed by atoms with Crippen LogP contribution in [0.4, 0.5) is 21.7 Å². The number of aromatic nitrogens is 2. The fourth-order valence-corrected chi connectivity index (χ4v) is 4.30. The summed E-state index contributed by atoms with van der Waals surface area (Å²) in [6.07, 6.45) is 4.27. The topological polar surface area (TPSA) is 91.9 Å². The zero-order valence-corrected chi connectivity index (χ0v) is 21.5. The molecule has 0 atom stereocenters. The van der Waals surface area contributed by atoms with Gasteiger partial charge >= 0.3 is 0 Å². The van der Waals surface area contributed by atoms with Crippen molar-refractivity contribution in [2.24, 2.45) is 0 Å². The number of aryl methyl sites for hydroxylation is 2. The number of ether oxygens (including phenoxy) is 1. The van der Waals surface area contributed by atoms with Gasteiger partial charge in [0.25, 0.3) is 5.91 Å². The van der Waals surface area contributed by atoms with E-state index in [1.54, 1.807) is 12.4 Å². The first-order valence-corrected chi connectivity index (χ1v) is 12.4. The summed E-state index contributed by atoms with van der Waals surface area (Å²) in [5.41, 5.74) is 5.81. The Labute approximate surface area is 216 Å². The normalized spacial score (nSPS) is 13.9. The maximum atomic E-state index is 14.8. The first-order chi connectivity index (χ1) is 18.0. The second-order valence-corrected chi connectivity index (χ2v) is 8.80. The van der Waals surface area contributed by atoms with Crippen LogP contribution in [0.5, 0.6) is 5.75 Å². The molecule has 4 rings (SSSR count). The van der Waals surface area contributed by atoms with Crippen molar-refractivity contribution < 1.29 is 18.8 Å². The lowest BCUT2D eigenvalue weighted by Crippen LogP contribution is -2.46. The van der Waals surface area contributed by atoms with E-state index in [2.05, 4.69) is 54.5 Å². The highest BCUT2D eigenvalue weighted by molar-refractivity contribution is 5.94. The lowest BCUT2D eigenvalue weighted by atomic mass is 10.0. The van der Waals surface area contributed by atoms with E-state index >= 15 is 0 Å². The van der Waals surface area contributed by atoms with Gasteiger partial charge in [-0.25, -0.2) is 19.8 Å². The summed E-state index contributed by atoms with van der Waals surface area (Å²) in [5.74, 6) is -0.484. The number of anilines is 3. The van der Waals surface area contributed by atoms with Crippen molar-refractivity contribution in [2.45, 2.75) is 19.8 Å². The molecule has 1 saturated heterocycles. The molecule has 1 fully saturated rings. The van der Waals surface area contributed by atoms with Crippen LogP contribution in [0, 0.1) is 5.82 Å². The highest BCUT2D eigenvalue weighted by atomic mass is 19.1. The number of hydroxylamine groups is 1. The number of hydrogen-bond donors (Lipinski definition) is 2. The zero-order valence-electron chi connectivity index (χ0n) is 21.5. The molecule has 10 heteroatoms. The summed E-state index contributed by atoms with van der Waals surface area (Å²) in [5, 5.41) is 3.23. The third kappa shape index (κ3) is 6.72. The van der Waals surface area contributed by atoms with Gasteiger partial charge in [0.15, 0.2) is 11.6 Å². The molecule has 3 aromatic rings. The van der Waals surface area contributed by atoms with Gasteiger partial charge in [0.05, 0.1) is 14.2 Å². The summed E-state index contributed by atoms with van der Waals surface area (Å²) < 4.78 is 19.9. The first kappa shape index (κ1) is 26.3. The van der Waals surface area contributed by atoms with Crippen LogP contribution in [-0.4, -0.2) is 67.7 Å². The Hall–Kier alpha value is -3.76. The van der Waals surface area contributed by atoms with Crippen molar-refractivity contribution in [2.75, 3.05) is 57.2 Å². The Morgan fingerprint density at radius 2 is 1.73 bits per heavy atom. The van der Waals surface area contributed by atoms with Crippen LogP contribution in [0.1, 0.15) is 28.4 Å². The van der Waals surface area contributed by atoms with Gasteiger partial charge in [-0.05, 0) is 66.9 Å². The highest BCUT2D eigenvalue weighted by Gasteiger charge is 2.17. The fraction of sp³-hybridized carbons (Fsp3) is 0.370. The lowest BCUT2D eigenvalue weighted by Gasteiger charge is -2.35. The number of rotatable bonds is 10. The Morgan fingerprint density at radius 3 is 2.35 bits per heavy atom. The molecule has 2 N–H and O–H groups in total. The molecule has 1 aliphatic heterocycles. The van der Waals surface area contributed by atoms with E-state index in [0.717, 1.165) is 44.0 Å². The highest BCUT2D eigenvalue weighted by Crippen LogP contribution is 2.25. The molecule has 2 heterocycles. The van der Waals surface area contributed by atoms with Crippen molar-refractivity contribution in [1.29, 1.82) is 0 Å². The zero-order chi connectivity index (χ0) is 26.2. The Morgan fingerprint density at radius 1 is 1.03 bits per heavy atom. The van der Waals surface area contributed by atoms with Crippen molar-refractivity contribution in [1.82, 2.24) is 20.3 Å². The summed E-state index contributed by atoms with van der Waals surface area (Å²) in [4.78, 5) is 30.5. The molecule has 0 bridgehead atoms. The molecule has 0 unspecified atom stereocenters. The number of methoxy groups -OCH3 is 1. The number of piperazine rings is 1. The van der Waals surface area contributed by atoms with Crippen LogP contribution < -0.4 is 20.4 Å². The number of nitrogens with one attached hydrogen (secondary N) is 2. The smallest absolute Gasteiger partial charge is 0.274 e. The van der Waals surface area contributed by atoms with Crippen molar-refractivity contribution in [3.05, 3.63) is 71.3 Å². The van der Waals surface area contributed by atoms with E-state index in [1.807, 2.05) is 12.1 Å². The molecule has 9 nitrogen and oxygen atoms in total. The summed E-state index contributed by atoms with van der Waals surface area (Å²) in [7, 11) is 2.70. The lowest BCUT2D eigenvalue weighted by molar-refractivity contribution is 0.0537. The maximum Gasteiger partial charge on any atom is 0.274 e. The molecule has 196 valence electrons. The summed E-state index contributed by atoms with van der Waals surface area (Å²) in [6, 6.07) is 11.1. The van der Waals surface area contributed by atoms with Gasteiger partial charge in [0.2, 0.25) is 5.95 Å². The number of carbonyl (C=O) groups excluding carboxylic acids is 1. The van der Waals surface area contributed by atoms with Crippen molar-refractivity contribution in [3.63, 3.8) is 0 Å². The summed E-state index contributed by atoms with van der Waals surface area (Å²) in [6.45, 7) is 7.55. The van der Waals surface area contributed by atoms with E-state index < -0.39 is 11.7 Å². The van der Waals surface area contributed by atoms with Crippen LogP contribution in [0.15, 0.2) is 48.8 Å². The third-order valence-electron chi connectivity index (χ3n) is 6.49. The molecular formula is C27H33FN6O3. The molecule has 2 aromatic carbocycles. The van der Waals surface area contributed by atoms with Gasteiger partial charge in [0, 0.05) is 55.5 Å². The van der Waals surface area contributed by atoms with Crippen LogP contribution in [0.25, 0.3) is 0 Å². The van der Waals surface area contributed by atoms with Gasteiger partial charge in [-0.15, -0.1) is 0 Å². The van der Waals surface area contributed by atoms with E-state index in [-0.39, 0.29) is 11.3 Å². The quantitative estimate of drug-likeness (QED) is 0.402. The SMILES string of the molecule is CCN1CCN(c2ccc(Nc3ncc(CCc4cc(C(=O)NOC)cc(OC)c4F)cn3)cc2)CC1. The Bertz CT molecular complexity index is 1180. The minimum Gasteiger partial charge on any atom is -0.494 e. The number of hydrogen-bond acceptors (Lipinski definition) is 8. The second kappa shape index (κ2) is 12.5. The number of benzene rings is 2. The van der Waals surface area contributed by atoms with Gasteiger partial charge < -0.3 is 19.9 Å². The first-order valence-electron chi connectivity index (χ1n) is 12.4. The van der Waals surface area contributed by atoms with E-state index in [0.29, 0.717) is 24.4 Å². The maximum absolute atomic E-state index is 14.8. The number of amides is 1. The molecule has 0 spiro atoms. The van der Waals surface area contributed by atoms with Gasteiger partial charge in [0.1, 0.15) is 0 Å². The van der Waals surface area contributed by atoms with Gasteiger partial charge in [-0.1, -0.05) is 6.92 Å². The van der Waals surface area contributed by atoms with Gasteiger partial charge in [-0.2, -0.15) is 0 Å². The van der Waals surface area contributed by atoms with Crippen molar-refractivity contribution in [3.8, 4) is 5.75 Å². The average Bonchev–Trinajstić information content (AvgIpc) is 2.94.